The molecule has 0 unspecified atom stereocenters. The molecule has 0 heterocycles. The van der Waals surface area contributed by atoms with E-state index in [2.05, 4.69) is 47.8 Å². The standard InChI is InChI=1S/C12H20N2S.ClH/c1-13-8-9-14(2)10-11-4-6-12(15-3)7-5-11;/h4-7,13H,8-10H2,1-3H3;1H. The number of hydrogen-bond donors (Lipinski definition) is 1. The van der Waals surface area contributed by atoms with Gasteiger partial charge in [-0.05, 0) is 38.0 Å². The van der Waals surface area contributed by atoms with Crippen molar-refractivity contribution in [1.82, 2.24) is 10.2 Å². The summed E-state index contributed by atoms with van der Waals surface area (Å²) in [5.41, 5.74) is 1.38. The molecule has 1 aromatic carbocycles. The molecule has 0 saturated carbocycles. The molecule has 2 nitrogen and oxygen atoms in total. The van der Waals surface area contributed by atoms with Crippen molar-refractivity contribution >= 4 is 24.2 Å². The van der Waals surface area contributed by atoms with Crippen LogP contribution in [0, 0.1) is 0 Å². The molecule has 0 radical (unpaired) electrons. The van der Waals surface area contributed by atoms with E-state index in [1.807, 2.05) is 7.05 Å². The molecule has 0 amide bonds. The zero-order valence-electron chi connectivity index (χ0n) is 10.2. The number of rotatable bonds is 6. The molecule has 0 aliphatic rings. The fourth-order valence-electron chi connectivity index (χ4n) is 1.42. The molecule has 1 aromatic rings. The fraction of sp³-hybridized carbons (Fsp3) is 0.500. The van der Waals surface area contributed by atoms with Gasteiger partial charge in [0.25, 0.3) is 0 Å². The van der Waals surface area contributed by atoms with Gasteiger partial charge in [-0.25, -0.2) is 0 Å². The monoisotopic (exact) mass is 260 g/mol. The average Bonchev–Trinajstić information content (AvgIpc) is 2.27. The highest BCUT2D eigenvalue weighted by Crippen LogP contribution is 2.15. The third-order valence-corrected chi connectivity index (χ3v) is 3.10. The lowest BCUT2D eigenvalue weighted by molar-refractivity contribution is 0.328. The van der Waals surface area contributed by atoms with Crippen LogP contribution in [-0.2, 0) is 6.54 Å². The van der Waals surface area contributed by atoms with Crippen molar-refractivity contribution in [3.8, 4) is 0 Å². The molecule has 0 saturated heterocycles. The maximum atomic E-state index is 3.16. The number of nitrogens with zero attached hydrogens (tertiary/aromatic N) is 1. The Morgan fingerprint density at radius 2 is 1.88 bits per heavy atom. The van der Waals surface area contributed by atoms with Gasteiger partial charge in [-0.1, -0.05) is 12.1 Å². The Labute approximate surface area is 109 Å². The van der Waals surface area contributed by atoms with Crippen molar-refractivity contribution < 1.29 is 0 Å². The highest BCUT2D eigenvalue weighted by molar-refractivity contribution is 7.98. The molecule has 0 aromatic heterocycles. The molecule has 1 rings (SSSR count). The summed E-state index contributed by atoms with van der Waals surface area (Å²) in [5, 5.41) is 3.16. The van der Waals surface area contributed by atoms with Crippen LogP contribution in [0.1, 0.15) is 5.56 Å². The lowest BCUT2D eigenvalue weighted by Gasteiger charge is -2.16. The van der Waals surface area contributed by atoms with Gasteiger partial charge in [-0.2, -0.15) is 0 Å². The predicted molar refractivity (Wildman–Crippen MR) is 75.7 cm³/mol. The van der Waals surface area contributed by atoms with Gasteiger partial charge in [0.2, 0.25) is 0 Å². The number of hydrogen-bond acceptors (Lipinski definition) is 3. The molecule has 4 heteroatoms. The van der Waals surface area contributed by atoms with E-state index in [0.29, 0.717) is 0 Å². The summed E-state index contributed by atoms with van der Waals surface area (Å²) < 4.78 is 0. The third kappa shape index (κ3) is 5.75. The topological polar surface area (TPSA) is 15.3 Å². The van der Waals surface area contributed by atoms with Gasteiger partial charge < -0.3 is 10.2 Å². The van der Waals surface area contributed by atoms with E-state index in [9.17, 15) is 0 Å². The minimum atomic E-state index is 0. The maximum absolute atomic E-state index is 3.16. The van der Waals surface area contributed by atoms with Crippen LogP contribution in [0.3, 0.4) is 0 Å². The van der Waals surface area contributed by atoms with Gasteiger partial charge in [0, 0.05) is 24.5 Å². The van der Waals surface area contributed by atoms with Gasteiger partial charge in [0.05, 0.1) is 0 Å². The van der Waals surface area contributed by atoms with E-state index in [-0.39, 0.29) is 12.4 Å². The van der Waals surface area contributed by atoms with Crippen molar-refractivity contribution in [2.24, 2.45) is 0 Å². The molecule has 92 valence electrons. The lowest BCUT2D eigenvalue weighted by atomic mass is 10.2. The summed E-state index contributed by atoms with van der Waals surface area (Å²) in [6.07, 6.45) is 2.11. The Bertz CT molecular complexity index is 277. The highest BCUT2D eigenvalue weighted by Gasteiger charge is 1.99. The zero-order chi connectivity index (χ0) is 11.1. The lowest BCUT2D eigenvalue weighted by Crippen LogP contribution is -2.26. The molecular weight excluding hydrogens is 240 g/mol. The van der Waals surface area contributed by atoms with Crippen molar-refractivity contribution in [3.63, 3.8) is 0 Å². The Hall–Kier alpha value is -0.220. The SMILES string of the molecule is CNCCN(C)Cc1ccc(SC)cc1.Cl. The fourth-order valence-corrected chi connectivity index (χ4v) is 1.83. The Morgan fingerprint density at radius 1 is 1.25 bits per heavy atom. The van der Waals surface area contributed by atoms with E-state index in [4.69, 9.17) is 0 Å². The summed E-state index contributed by atoms with van der Waals surface area (Å²) >= 11 is 1.79. The van der Waals surface area contributed by atoms with Crippen molar-refractivity contribution in [2.45, 2.75) is 11.4 Å². The van der Waals surface area contributed by atoms with E-state index in [1.54, 1.807) is 11.8 Å². The summed E-state index contributed by atoms with van der Waals surface area (Å²) in [7, 11) is 4.14. The molecular formula is C12H21ClN2S. The van der Waals surface area contributed by atoms with Crippen LogP contribution in [0.15, 0.2) is 29.2 Å². The molecule has 0 fully saturated rings. The van der Waals surface area contributed by atoms with Crippen LogP contribution >= 0.6 is 24.2 Å². The van der Waals surface area contributed by atoms with Gasteiger partial charge in [-0.3, -0.25) is 0 Å². The second-order valence-electron chi connectivity index (χ2n) is 3.69. The van der Waals surface area contributed by atoms with E-state index in [1.165, 1.54) is 10.5 Å². The van der Waals surface area contributed by atoms with Crippen LogP contribution in [-0.4, -0.2) is 38.3 Å². The number of likely N-dealkylation sites (N-methyl/N-ethyl adjacent to an activating group) is 2. The number of thioether (sulfide) groups is 1. The quantitative estimate of drug-likeness (QED) is 0.792. The third-order valence-electron chi connectivity index (χ3n) is 2.36. The van der Waals surface area contributed by atoms with E-state index < -0.39 is 0 Å². The zero-order valence-corrected chi connectivity index (χ0v) is 11.8. The van der Waals surface area contributed by atoms with Crippen LogP contribution in [0.4, 0.5) is 0 Å². The number of benzene rings is 1. The molecule has 0 spiro atoms. The molecule has 0 aliphatic heterocycles. The Morgan fingerprint density at radius 3 is 2.38 bits per heavy atom. The van der Waals surface area contributed by atoms with E-state index >= 15 is 0 Å². The van der Waals surface area contributed by atoms with Crippen LogP contribution in [0.25, 0.3) is 0 Å². The minimum Gasteiger partial charge on any atom is -0.318 e. The van der Waals surface area contributed by atoms with Crippen molar-refractivity contribution in [1.29, 1.82) is 0 Å². The van der Waals surface area contributed by atoms with Crippen LogP contribution in [0.5, 0.6) is 0 Å². The second-order valence-corrected chi connectivity index (χ2v) is 4.57. The van der Waals surface area contributed by atoms with Crippen LogP contribution in [0.2, 0.25) is 0 Å². The summed E-state index contributed by atoms with van der Waals surface area (Å²) in [6.45, 7) is 3.15. The van der Waals surface area contributed by atoms with Gasteiger partial charge >= 0.3 is 0 Å². The molecule has 0 aliphatic carbocycles. The Balaban J connectivity index is 0.00000225. The largest absolute Gasteiger partial charge is 0.318 e. The van der Waals surface area contributed by atoms with Crippen molar-refractivity contribution in [3.05, 3.63) is 29.8 Å². The van der Waals surface area contributed by atoms with E-state index in [0.717, 1.165) is 19.6 Å². The first kappa shape index (κ1) is 15.8. The number of halogens is 1. The average molecular weight is 261 g/mol. The summed E-state index contributed by atoms with van der Waals surface area (Å²) in [5.74, 6) is 0. The summed E-state index contributed by atoms with van der Waals surface area (Å²) in [4.78, 5) is 3.65. The maximum Gasteiger partial charge on any atom is 0.0231 e. The molecule has 0 bridgehead atoms. The molecule has 0 atom stereocenters. The Kier molecular flexibility index (Phi) is 8.76. The van der Waals surface area contributed by atoms with Crippen LogP contribution < -0.4 is 5.32 Å². The first-order chi connectivity index (χ1) is 7.26. The predicted octanol–water partition coefficient (Wildman–Crippen LogP) is 2.48. The van der Waals surface area contributed by atoms with Gasteiger partial charge in [0.1, 0.15) is 0 Å². The first-order valence-corrected chi connectivity index (χ1v) is 6.45. The van der Waals surface area contributed by atoms with Crippen molar-refractivity contribution in [2.75, 3.05) is 33.4 Å². The van der Waals surface area contributed by atoms with Gasteiger partial charge in [0.15, 0.2) is 0 Å². The summed E-state index contributed by atoms with van der Waals surface area (Å²) in [6, 6.07) is 8.79. The van der Waals surface area contributed by atoms with Gasteiger partial charge in [-0.15, -0.1) is 24.2 Å². The first-order valence-electron chi connectivity index (χ1n) is 5.22. The highest BCUT2D eigenvalue weighted by atomic mass is 35.5. The second kappa shape index (κ2) is 8.88. The molecule has 1 N–H and O–H groups in total. The number of nitrogens with one attached hydrogen (secondary N) is 1. The molecule has 16 heavy (non-hydrogen) atoms. The smallest absolute Gasteiger partial charge is 0.0231 e. The minimum absolute atomic E-state index is 0. The normalized spacial score (nSPS) is 10.2.